The fourth-order valence-electron chi connectivity index (χ4n) is 2.97. The Morgan fingerprint density at radius 1 is 1.48 bits per heavy atom. The molecular formula is C18H24N4O3. The highest BCUT2D eigenvalue weighted by atomic mass is 16.5. The van der Waals surface area contributed by atoms with Crippen molar-refractivity contribution in [3.8, 4) is 11.5 Å². The summed E-state index contributed by atoms with van der Waals surface area (Å²) in [5.74, 6) is 2.28. The van der Waals surface area contributed by atoms with Crippen molar-refractivity contribution in [2.75, 3.05) is 20.3 Å². The number of rotatable bonds is 6. The smallest absolute Gasteiger partial charge is 0.226 e. The molecule has 0 aliphatic carbocycles. The zero-order chi connectivity index (χ0) is 17.8. The third-order valence-corrected chi connectivity index (χ3v) is 4.40. The maximum Gasteiger partial charge on any atom is 0.226 e. The van der Waals surface area contributed by atoms with E-state index < -0.39 is 0 Å². The van der Waals surface area contributed by atoms with Gasteiger partial charge in [-0.15, -0.1) is 10.2 Å². The van der Waals surface area contributed by atoms with E-state index >= 15 is 0 Å². The van der Waals surface area contributed by atoms with Gasteiger partial charge in [0.1, 0.15) is 30.3 Å². The Bertz CT molecular complexity index is 742. The largest absolute Gasteiger partial charge is 0.497 e. The summed E-state index contributed by atoms with van der Waals surface area (Å²) in [6.45, 7) is 5.08. The standard InChI is InChI=1S/C18H24N4O3/c1-12(2)22-11-20-21-17(22)6-7-19-18(23)14-8-13-4-5-15(24-3)9-16(13)25-10-14/h4-5,9,11-12,14H,6-8,10H2,1-3H3,(H,19,23). The summed E-state index contributed by atoms with van der Waals surface area (Å²) in [5, 5.41) is 11.0. The molecule has 0 bridgehead atoms. The predicted molar refractivity (Wildman–Crippen MR) is 92.8 cm³/mol. The molecule has 3 rings (SSSR count). The first-order valence-corrected chi connectivity index (χ1v) is 8.54. The number of carbonyl (C=O) groups excluding carboxylic acids is 1. The maximum absolute atomic E-state index is 12.4. The molecule has 0 saturated carbocycles. The van der Waals surface area contributed by atoms with Crippen molar-refractivity contribution in [1.82, 2.24) is 20.1 Å². The van der Waals surface area contributed by atoms with Crippen LogP contribution in [0, 0.1) is 5.92 Å². The Balaban J connectivity index is 1.53. The highest BCUT2D eigenvalue weighted by Crippen LogP contribution is 2.31. The van der Waals surface area contributed by atoms with Crippen LogP contribution in [0.25, 0.3) is 0 Å². The number of amides is 1. The van der Waals surface area contributed by atoms with E-state index in [4.69, 9.17) is 9.47 Å². The Hall–Kier alpha value is -2.57. The van der Waals surface area contributed by atoms with Gasteiger partial charge >= 0.3 is 0 Å². The molecule has 134 valence electrons. The third kappa shape index (κ3) is 3.92. The van der Waals surface area contributed by atoms with Gasteiger partial charge in [-0.25, -0.2) is 0 Å². The molecule has 1 unspecified atom stereocenters. The van der Waals surface area contributed by atoms with Crippen molar-refractivity contribution >= 4 is 5.91 Å². The summed E-state index contributed by atoms with van der Waals surface area (Å²) in [4.78, 5) is 12.4. The number of benzene rings is 1. The van der Waals surface area contributed by atoms with Crippen molar-refractivity contribution in [3.63, 3.8) is 0 Å². The second kappa shape index (κ2) is 7.55. The topological polar surface area (TPSA) is 78.3 Å². The van der Waals surface area contributed by atoms with Crippen LogP contribution in [0.15, 0.2) is 24.5 Å². The van der Waals surface area contributed by atoms with Gasteiger partial charge in [0.15, 0.2) is 0 Å². The van der Waals surface area contributed by atoms with Crippen molar-refractivity contribution in [3.05, 3.63) is 35.9 Å². The summed E-state index contributed by atoms with van der Waals surface area (Å²) in [6.07, 6.45) is 3.06. The quantitative estimate of drug-likeness (QED) is 0.864. The molecule has 1 aliphatic rings. The van der Waals surface area contributed by atoms with Crippen molar-refractivity contribution in [2.45, 2.75) is 32.7 Å². The van der Waals surface area contributed by atoms with E-state index in [0.717, 1.165) is 22.9 Å². The molecule has 0 spiro atoms. The lowest BCUT2D eigenvalue weighted by Crippen LogP contribution is -2.38. The monoisotopic (exact) mass is 344 g/mol. The van der Waals surface area contributed by atoms with Gasteiger partial charge in [0.05, 0.1) is 13.0 Å². The molecule has 0 radical (unpaired) electrons. The Morgan fingerprint density at radius 2 is 2.32 bits per heavy atom. The van der Waals surface area contributed by atoms with Crippen LogP contribution in [-0.2, 0) is 17.6 Å². The zero-order valence-electron chi connectivity index (χ0n) is 14.9. The lowest BCUT2D eigenvalue weighted by Gasteiger charge is -2.25. The van der Waals surface area contributed by atoms with Gasteiger partial charge in [0.2, 0.25) is 5.91 Å². The molecule has 7 heteroatoms. The first-order valence-electron chi connectivity index (χ1n) is 8.54. The first kappa shape index (κ1) is 17.3. The van der Waals surface area contributed by atoms with E-state index in [1.54, 1.807) is 13.4 Å². The van der Waals surface area contributed by atoms with Gasteiger partial charge < -0.3 is 19.4 Å². The molecule has 0 saturated heterocycles. The second-order valence-corrected chi connectivity index (χ2v) is 6.47. The number of nitrogens with zero attached hydrogens (tertiary/aromatic N) is 3. The van der Waals surface area contributed by atoms with Crippen LogP contribution in [0.5, 0.6) is 11.5 Å². The minimum atomic E-state index is -0.177. The van der Waals surface area contributed by atoms with Crippen LogP contribution in [0.3, 0.4) is 0 Å². The summed E-state index contributed by atoms with van der Waals surface area (Å²) in [5.41, 5.74) is 1.03. The average Bonchev–Trinajstić information content (AvgIpc) is 3.09. The Kier molecular flexibility index (Phi) is 5.21. The predicted octanol–water partition coefficient (Wildman–Crippen LogP) is 1.78. The van der Waals surface area contributed by atoms with Crippen molar-refractivity contribution in [2.24, 2.45) is 5.92 Å². The number of hydrogen-bond donors (Lipinski definition) is 1. The van der Waals surface area contributed by atoms with E-state index in [1.807, 2.05) is 22.8 Å². The van der Waals surface area contributed by atoms with Crippen molar-refractivity contribution in [1.29, 1.82) is 0 Å². The fraction of sp³-hybridized carbons (Fsp3) is 0.500. The van der Waals surface area contributed by atoms with Gasteiger partial charge in [0.25, 0.3) is 0 Å². The SMILES string of the molecule is COc1ccc2c(c1)OCC(C(=O)NCCc1nncn1C(C)C)C2. The number of aromatic nitrogens is 3. The van der Waals surface area contributed by atoms with Crippen LogP contribution in [-0.4, -0.2) is 40.9 Å². The van der Waals surface area contributed by atoms with E-state index in [1.165, 1.54) is 0 Å². The summed E-state index contributed by atoms with van der Waals surface area (Å²) in [6, 6.07) is 6.02. The van der Waals surface area contributed by atoms with Crippen LogP contribution in [0.1, 0.15) is 31.3 Å². The Morgan fingerprint density at radius 3 is 3.08 bits per heavy atom. The fourth-order valence-corrected chi connectivity index (χ4v) is 2.97. The highest BCUT2D eigenvalue weighted by Gasteiger charge is 2.26. The molecule has 1 atom stereocenters. The summed E-state index contributed by atoms with van der Waals surface area (Å²) in [7, 11) is 1.63. The summed E-state index contributed by atoms with van der Waals surface area (Å²) < 4.78 is 12.9. The maximum atomic E-state index is 12.4. The number of fused-ring (bicyclic) bond motifs is 1. The number of carbonyl (C=O) groups is 1. The number of methoxy groups -OCH3 is 1. The van der Waals surface area contributed by atoms with Crippen LogP contribution >= 0.6 is 0 Å². The molecule has 1 N–H and O–H groups in total. The third-order valence-electron chi connectivity index (χ3n) is 4.40. The number of ether oxygens (including phenoxy) is 2. The van der Waals surface area contributed by atoms with E-state index in [9.17, 15) is 4.79 Å². The van der Waals surface area contributed by atoms with Crippen molar-refractivity contribution < 1.29 is 14.3 Å². The average molecular weight is 344 g/mol. The molecule has 25 heavy (non-hydrogen) atoms. The molecule has 1 aromatic carbocycles. The molecule has 2 aromatic rings. The lowest BCUT2D eigenvalue weighted by molar-refractivity contribution is -0.126. The lowest BCUT2D eigenvalue weighted by atomic mass is 9.96. The van der Waals surface area contributed by atoms with E-state index in [-0.39, 0.29) is 11.8 Å². The molecule has 7 nitrogen and oxygen atoms in total. The van der Waals surface area contributed by atoms with Gasteiger partial charge in [-0.2, -0.15) is 0 Å². The zero-order valence-corrected chi connectivity index (χ0v) is 14.9. The molecule has 1 amide bonds. The van der Waals surface area contributed by atoms with Gasteiger partial charge in [0, 0.05) is 25.1 Å². The molecule has 0 fully saturated rings. The van der Waals surface area contributed by atoms with E-state index in [0.29, 0.717) is 32.0 Å². The minimum Gasteiger partial charge on any atom is -0.497 e. The van der Waals surface area contributed by atoms with Crippen LogP contribution in [0.2, 0.25) is 0 Å². The minimum absolute atomic E-state index is 0.0112. The number of hydrogen-bond acceptors (Lipinski definition) is 5. The van der Waals surface area contributed by atoms with Gasteiger partial charge in [-0.1, -0.05) is 6.07 Å². The van der Waals surface area contributed by atoms with Crippen LogP contribution in [0.4, 0.5) is 0 Å². The Labute approximate surface area is 147 Å². The number of nitrogens with one attached hydrogen (secondary N) is 1. The van der Waals surface area contributed by atoms with E-state index in [2.05, 4.69) is 29.4 Å². The molecule has 1 aromatic heterocycles. The van der Waals surface area contributed by atoms with Crippen LogP contribution < -0.4 is 14.8 Å². The normalized spacial score (nSPS) is 16.2. The second-order valence-electron chi connectivity index (χ2n) is 6.47. The van der Waals surface area contributed by atoms with Gasteiger partial charge in [-0.05, 0) is 31.9 Å². The highest BCUT2D eigenvalue weighted by molar-refractivity contribution is 5.79. The molecule has 2 heterocycles. The first-order chi connectivity index (χ1) is 12.1. The molecular weight excluding hydrogens is 320 g/mol. The van der Waals surface area contributed by atoms with Gasteiger partial charge in [-0.3, -0.25) is 4.79 Å². The molecule has 1 aliphatic heterocycles. The summed E-state index contributed by atoms with van der Waals surface area (Å²) >= 11 is 0.